The minimum absolute atomic E-state index is 0.0356. The number of H-pyrrole nitrogens is 2. The number of hydrogen-bond donors (Lipinski definition) is 3. The van der Waals surface area contributed by atoms with Crippen LogP contribution >= 0.6 is 45.2 Å². The topological polar surface area (TPSA) is 210 Å². The molecule has 4 heterocycles. The van der Waals surface area contributed by atoms with Gasteiger partial charge in [0.1, 0.15) is 36.9 Å². The van der Waals surface area contributed by atoms with Crippen molar-refractivity contribution in [1.82, 2.24) is 19.1 Å². The first-order chi connectivity index (χ1) is 21.7. The monoisotopic (exact) mass is 906 g/mol. The molecule has 0 aliphatic carbocycles. The molecule has 0 radical (unpaired) electrons. The lowest BCUT2D eigenvalue weighted by Crippen LogP contribution is -2.44. The van der Waals surface area contributed by atoms with E-state index in [9.17, 15) is 33.9 Å². The van der Waals surface area contributed by atoms with Gasteiger partial charge in [0.05, 0.1) is 20.4 Å². The molecule has 2 aliphatic rings. The van der Waals surface area contributed by atoms with Gasteiger partial charge in [0.2, 0.25) is 0 Å². The van der Waals surface area contributed by atoms with Gasteiger partial charge in [0, 0.05) is 39.1 Å². The number of rotatable bonds is 8. The predicted octanol–water partition coefficient (Wildman–Crippen LogP) is 1.73. The highest BCUT2D eigenvalue weighted by Gasteiger charge is 2.43. The van der Waals surface area contributed by atoms with Gasteiger partial charge in [-0.05, 0) is 63.3 Å². The molecule has 0 saturated carbocycles. The maximum absolute atomic E-state index is 12.2. The first-order valence-electron chi connectivity index (χ1n) is 14.7. The number of nitrogens with zero attached hydrogens (tertiary/aromatic N) is 2. The standard InChI is InChI=1S/C17H27IN2O6Si.C11H13IN2O6/c1-10(21)25-12-7-14(20-8-11(18)15(22)19-16(20)23)26-13(12)9-24-27(5,6)17(2,3)4;1-5(16)19-7-2-9(20-8(7)4-15)14-3-6(12)10(17)13-11(14)18/h8,12-14H,7,9H2,1-6H3,(H,19,22,23);3,7-9,15H,2,4H2,1H3,(H,13,17,18)/t12-,13-,14-;7-,8-,9-/m11/s1. The Kier molecular flexibility index (Phi) is 13.4. The SMILES string of the molecule is CC(=O)O[C@@H]1C[C@H](n2cc(I)c(=O)[nH]c2=O)O[C@@H]1CO.CC(=O)O[C@@H]1C[C@H](n2cc(I)c(=O)[nH]c2=O)O[C@@H]1CO[Si](C)(C)C(C)(C)C. The molecular weight excluding hydrogens is 866 g/mol. The summed E-state index contributed by atoms with van der Waals surface area (Å²) in [5.41, 5.74) is -2.08. The highest BCUT2D eigenvalue weighted by Crippen LogP contribution is 2.38. The van der Waals surface area contributed by atoms with Crippen LogP contribution in [0.5, 0.6) is 0 Å². The van der Waals surface area contributed by atoms with Crippen LogP contribution in [0.15, 0.2) is 31.6 Å². The summed E-state index contributed by atoms with van der Waals surface area (Å²) >= 11 is 3.65. The molecule has 0 spiro atoms. The van der Waals surface area contributed by atoms with E-state index in [4.69, 9.17) is 23.4 Å². The maximum atomic E-state index is 12.2. The molecule has 16 nitrogen and oxygen atoms in total. The zero-order valence-corrected chi connectivity index (χ0v) is 32.4. The molecule has 2 aliphatic heterocycles. The van der Waals surface area contributed by atoms with Crippen LogP contribution in [0, 0.1) is 7.14 Å². The fraction of sp³-hybridized carbons (Fsp3) is 0.643. The zero-order chi connectivity index (χ0) is 35.4. The summed E-state index contributed by atoms with van der Waals surface area (Å²) in [6.45, 7) is 13.2. The average Bonchev–Trinajstić information content (AvgIpc) is 3.54. The molecule has 2 aromatic heterocycles. The van der Waals surface area contributed by atoms with Crippen molar-refractivity contribution in [3.63, 3.8) is 0 Å². The van der Waals surface area contributed by atoms with Crippen LogP contribution in [-0.4, -0.2) is 82.1 Å². The minimum Gasteiger partial charge on any atom is -0.460 e. The van der Waals surface area contributed by atoms with Crippen molar-refractivity contribution < 1.29 is 38.1 Å². The average molecular weight is 907 g/mol. The van der Waals surface area contributed by atoms with Crippen LogP contribution in [0.25, 0.3) is 0 Å². The Morgan fingerprint density at radius 2 is 1.28 bits per heavy atom. The van der Waals surface area contributed by atoms with Crippen LogP contribution in [0.2, 0.25) is 18.1 Å². The van der Waals surface area contributed by atoms with Gasteiger partial charge in [-0.15, -0.1) is 0 Å². The second kappa shape index (κ2) is 16.0. The molecule has 3 N–H and O–H groups in total. The number of ether oxygens (including phenoxy) is 4. The summed E-state index contributed by atoms with van der Waals surface area (Å²) in [5.74, 6) is -0.897. The minimum atomic E-state index is -2.01. The van der Waals surface area contributed by atoms with Gasteiger partial charge in [-0.2, -0.15) is 0 Å². The first kappa shape index (κ1) is 39.3. The number of nitrogens with one attached hydrogen (secondary N) is 2. The van der Waals surface area contributed by atoms with Gasteiger partial charge in [0.15, 0.2) is 8.32 Å². The maximum Gasteiger partial charge on any atom is 0.330 e. The lowest BCUT2D eigenvalue weighted by molar-refractivity contribution is -0.151. The molecular formula is C28H40I2N4O12Si. The van der Waals surface area contributed by atoms with E-state index >= 15 is 0 Å². The molecule has 19 heteroatoms. The fourth-order valence-corrected chi connectivity index (χ4v) is 6.47. The molecule has 2 fully saturated rings. The first-order valence-corrected chi connectivity index (χ1v) is 19.7. The van der Waals surface area contributed by atoms with Crippen LogP contribution < -0.4 is 22.5 Å². The fourth-order valence-electron chi connectivity index (χ4n) is 4.59. The van der Waals surface area contributed by atoms with Crippen LogP contribution in [0.3, 0.4) is 0 Å². The highest BCUT2D eigenvalue weighted by atomic mass is 127. The van der Waals surface area contributed by atoms with E-state index in [-0.39, 0.29) is 24.7 Å². The number of carbonyl (C=O) groups excluding carboxylic acids is 2. The Morgan fingerprint density at radius 1 is 0.872 bits per heavy atom. The molecule has 4 rings (SSSR count). The van der Waals surface area contributed by atoms with Gasteiger partial charge >= 0.3 is 23.3 Å². The Hall–Kier alpha value is -2.18. The number of esters is 2. The van der Waals surface area contributed by atoms with E-state index in [2.05, 4.69) is 43.8 Å². The van der Waals surface area contributed by atoms with Crippen molar-refractivity contribution in [2.75, 3.05) is 13.2 Å². The summed E-state index contributed by atoms with van der Waals surface area (Å²) < 4.78 is 31.4. The summed E-state index contributed by atoms with van der Waals surface area (Å²) in [5, 5.41) is 9.25. The molecule has 0 bridgehead atoms. The third-order valence-electron chi connectivity index (χ3n) is 8.06. The summed E-state index contributed by atoms with van der Waals surface area (Å²) in [4.78, 5) is 73.7. The van der Waals surface area contributed by atoms with E-state index in [0.717, 1.165) is 0 Å². The number of aliphatic hydroxyl groups is 1. The molecule has 47 heavy (non-hydrogen) atoms. The van der Waals surface area contributed by atoms with Crippen molar-refractivity contribution in [1.29, 1.82) is 0 Å². The lowest BCUT2D eigenvalue weighted by Gasteiger charge is -2.37. The number of aromatic nitrogens is 4. The number of hydrogen-bond acceptors (Lipinski definition) is 12. The Balaban J connectivity index is 0.000000267. The normalized spacial score (nSPS) is 24.4. The highest BCUT2D eigenvalue weighted by molar-refractivity contribution is 14.1. The lowest BCUT2D eigenvalue weighted by atomic mass is 10.2. The quantitative estimate of drug-likeness (QED) is 0.197. The van der Waals surface area contributed by atoms with E-state index < -0.39 is 79.6 Å². The van der Waals surface area contributed by atoms with Crippen LogP contribution in [-0.2, 0) is 33.0 Å². The second-order valence-corrected chi connectivity index (χ2v) is 19.7. The predicted molar refractivity (Wildman–Crippen MR) is 186 cm³/mol. The summed E-state index contributed by atoms with van der Waals surface area (Å²) in [6, 6.07) is 0. The van der Waals surface area contributed by atoms with Crippen LogP contribution in [0.1, 0.15) is 59.9 Å². The van der Waals surface area contributed by atoms with Gasteiger partial charge in [-0.1, -0.05) is 20.8 Å². The van der Waals surface area contributed by atoms with Gasteiger partial charge < -0.3 is 28.5 Å². The third-order valence-corrected chi connectivity index (χ3v) is 14.1. The zero-order valence-electron chi connectivity index (χ0n) is 27.0. The van der Waals surface area contributed by atoms with Crippen molar-refractivity contribution in [2.24, 2.45) is 0 Å². The molecule has 2 aromatic rings. The third kappa shape index (κ3) is 10.2. The van der Waals surface area contributed by atoms with Crippen molar-refractivity contribution >= 4 is 65.4 Å². The Labute approximate surface area is 297 Å². The number of aliphatic hydroxyl groups excluding tert-OH is 1. The van der Waals surface area contributed by atoms with Crippen molar-refractivity contribution in [2.45, 2.75) is 102 Å². The number of aromatic amines is 2. The molecule has 6 atom stereocenters. The number of carbonyl (C=O) groups is 2. The van der Waals surface area contributed by atoms with Gasteiger partial charge in [-0.3, -0.25) is 38.3 Å². The molecule has 0 unspecified atom stereocenters. The van der Waals surface area contributed by atoms with Crippen LogP contribution in [0.4, 0.5) is 0 Å². The second-order valence-electron chi connectivity index (χ2n) is 12.6. The smallest absolute Gasteiger partial charge is 0.330 e. The van der Waals surface area contributed by atoms with E-state index in [1.165, 1.54) is 35.4 Å². The summed E-state index contributed by atoms with van der Waals surface area (Å²) in [6.07, 6.45) is -0.294. The molecule has 2 saturated heterocycles. The van der Waals surface area contributed by atoms with E-state index in [1.807, 2.05) is 22.6 Å². The molecule has 0 aromatic carbocycles. The number of halogens is 2. The van der Waals surface area contributed by atoms with Gasteiger partial charge in [-0.25, -0.2) is 9.59 Å². The largest absolute Gasteiger partial charge is 0.460 e. The van der Waals surface area contributed by atoms with E-state index in [0.29, 0.717) is 13.6 Å². The van der Waals surface area contributed by atoms with Crippen molar-refractivity contribution in [3.8, 4) is 0 Å². The summed E-state index contributed by atoms with van der Waals surface area (Å²) in [7, 11) is -2.01. The Morgan fingerprint density at radius 3 is 1.66 bits per heavy atom. The molecule has 262 valence electrons. The van der Waals surface area contributed by atoms with E-state index in [1.54, 1.807) is 22.6 Å². The molecule has 0 amide bonds. The van der Waals surface area contributed by atoms with Gasteiger partial charge in [0.25, 0.3) is 11.1 Å². The van der Waals surface area contributed by atoms with Crippen molar-refractivity contribution in [3.05, 3.63) is 61.2 Å². The Bertz CT molecular complexity index is 1680.